The van der Waals surface area contributed by atoms with Crippen LogP contribution in [0.3, 0.4) is 0 Å². The third-order valence-electron chi connectivity index (χ3n) is 4.57. The molecule has 3 heteroatoms. The zero-order valence-electron chi connectivity index (χ0n) is 13.0. The van der Waals surface area contributed by atoms with Gasteiger partial charge in [-0.2, -0.15) is 0 Å². The maximum Gasteiger partial charge on any atom is 0.223 e. The Labute approximate surface area is 118 Å². The van der Waals surface area contributed by atoms with Gasteiger partial charge < -0.3 is 10.4 Å². The fraction of sp³-hybridized carbons (Fsp3) is 0.938. The van der Waals surface area contributed by atoms with Gasteiger partial charge in [0.05, 0.1) is 6.10 Å². The van der Waals surface area contributed by atoms with E-state index in [1.807, 2.05) is 6.92 Å². The first-order chi connectivity index (χ1) is 8.84. The van der Waals surface area contributed by atoms with Crippen LogP contribution in [0.15, 0.2) is 0 Å². The van der Waals surface area contributed by atoms with Gasteiger partial charge in [0, 0.05) is 12.5 Å². The lowest BCUT2D eigenvalue weighted by molar-refractivity contribution is -0.126. The summed E-state index contributed by atoms with van der Waals surface area (Å²) in [6.07, 6.45) is 5.51. The van der Waals surface area contributed by atoms with E-state index in [-0.39, 0.29) is 17.9 Å². The summed E-state index contributed by atoms with van der Waals surface area (Å²) in [6, 6.07) is 0. The number of hydrogen-bond acceptors (Lipinski definition) is 2. The molecule has 0 bridgehead atoms. The van der Waals surface area contributed by atoms with Crippen molar-refractivity contribution < 1.29 is 9.90 Å². The smallest absolute Gasteiger partial charge is 0.223 e. The predicted molar refractivity (Wildman–Crippen MR) is 78.8 cm³/mol. The number of amides is 1. The van der Waals surface area contributed by atoms with Gasteiger partial charge in [-0.25, -0.2) is 0 Å². The van der Waals surface area contributed by atoms with Crippen LogP contribution >= 0.6 is 0 Å². The van der Waals surface area contributed by atoms with Crippen LogP contribution in [0.4, 0.5) is 0 Å². The number of rotatable bonds is 5. The molecule has 3 nitrogen and oxygen atoms in total. The van der Waals surface area contributed by atoms with E-state index in [0.29, 0.717) is 18.4 Å². The predicted octanol–water partition coefficient (Wildman–Crippen LogP) is 3.12. The molecule has 1 atom stereocenters. The number of carbonyl (C=O) groups is 1. The van der Waals surface area contributed by atoms with Crippen LogP contribution in [0.1, 0.15) is 66.2 Å². The van der Waals surface area contributed by atoms with Gasteiger partial charge in [-0.1, -0.05) is 27.7 Å². The molecule has 1 unspecified atom stereocenters. The molecule has 0 saturated heterocycles. The number of aliphatic hydroxyl groups is 1. The molecule has 0 aromatic carbocycles. The number of aliphatic hydroxyl groups excluding tert-OH is 1. The van der Waals surface area contributed by atoms with Crippen LogP contribution in [-0.4, -0.2) is 23.7 Å². The van der Waals surface area contributed by atoms with Crippen molar-refractivity contribution >= 4 is 5.91 Å². The van der Waals surface area contributed by atoms with Gasteiger partial charge >= 0.3 is 0 Å². The summed E-state index contributed by atoms with van der Waals surface area (Å²) < 4.78 is 0. The molecule has 19 heavy (non-hydrogen) atoms. The normalized spacial score (nSPS) is 25.9. The Bertz CT molecular complexity index is 275. The third kappa shape index (κ3) is 5.52. The number of hydrogen-bond donors (Lipinski definition) is 2. The van der Waals surface area contributed by atoms with Crippen molar-refractivity contribution in [2.24, 2.45) is 17.3 Å². The topological polar surface area (TPSA) is 49.3 Å². The molecule has 0 aromatic heterocycles. The van der Waals surface area contributed by atoms with Gasteiger partial charge in [0.2, 0.25) is 5.91 Å². The highest BCUT2D eigenvalue weighted by atomic mass is 16.3. The van der Waals surface area contributed by atoms with Gasteiger partial charge in [0.25, 0.3) is 0 Å². The molecule has 1 rings (SSSR count). The molecule has 1 saturated carbocycles. The Hall–Kier alpha value is -0.570. The fourth-order valence-corrected chi connectivity index (χ4v) is 2.93. The minimum absolute atomic E-state index is 0.190. The van der Waals surface area contributed by atoms with E-state index in [9.17, 15) is 9.90 Å². The Balaban J connectivity index is 2.25. The zero-order valence-corrected chi connectivity index (χ0v) is 13.0. The van der Waals surface area contributed by atoms with Crippen molar-refractivity contribution in [2.75, 3.05) is 6.54 Å². The highest BCUT2D eigenvalue weighted by Crippen LogP contribution is 2.39. The Morgan fingerprint density at radius 3 is 2.32 bits per heavy atom. The first kappa shape index (κ1) is 16.5. The lowest BCUT2D eigenvalue weighted by Crippen LogP contribution is -2.36. The summed E-state index contributed by atoms with van der Waals surface area (Å²) >= 11 is 0. The van der Waals surface area contributed by atoms with Crippen molar-refractivity contribution in [3.63, 3.8) is 0 Å². The molecule has 0 spiro atoms. The Morgan fingerprint density at radius 1 is 1.26 bits per heavy atom. The Kier molecular flexibility index (Phi) is 6.31. The fourth-order valence-electron chi connectivity index (χ4n) is 2.93. The van der Waals surface area contributed by atoms with Gasteiger partial charge in [-0.3, -0.25) is 4.79 Å². The lowest BCUT2D eigenvalue weighted by Gasteiger charge is -2.36. The van der Waals surface area contributed by atoms with Gasteiger partial charge in [-0.15, -0.1) is 0 Å². The van der Waals surface area contributed by atoms with Crippen LogP contribution in [0, 0.1) is 17.3 Å². The highest BCUT2D eigenvalue weighted by Gasteiger charge is 2.32. The van der Waals surface area contributed by atoms with Crippen LogP contribution < -0.4 is 5.32 Å². The van der Waals surface area contributed by atoms with Crippen LogP contribution in [0.25, 0.3) is 0 Å². The van der Waals surface area contributed by atoms with Crippen LogP contribution in [0.2, 0.25) is 0 Å². The largest absolute Gasteiger partial charge is 0.393 e. The van der Waals surface area contributed by atoms with E-state index in [0.717, 1.165) is 25.2 Å². The maximum atomic E-state index is 12.0. The minimum atomic E-state index is -0.281. The summed E-state index contributed by atoms with van der Waals surface area (Å²) in [5, 5.41) is 12.4. The van der Waals surface area contributed by atoms with Crippen molar-refractivity contribution in [2.45, 2.75) is 72.3 Å². The zero-order chi connectivity index (χ0) is 14.5. The van der Waals surface area contributed by atoms with E-state index in [4.69, 9.17) is 0 Å². The van der Waals surface area contributed by atoms with Crippen LogP contribution in [-0.2, 0) is 4.79 Å². The standard InChI is InChI=1S/C16H31NO2/c1-5-14(18)10-11-17-15(19)12-6-8-13(9-7-12)16(2,3)4/h12-14,18H,5-11H2,1-4H3,(H,17,19). The van der Waals surface area contributed by atoms with Gasteiger partial charge in [-0.05, 0) is 49.9 Å². The van der Waals surface area contributed by atoms with E-state index in [1.165, 1.54) is 12.8 Å². The summed E-state index contributed by atoms with van der Waals surface area (Å²) in [7, 11) is 0. The molecule has 1 amide bonds. The van der Waals surface area contributed by atoms with Crippen molar-refractivity contribution in [1.29, 1.82) is 0 Å². The second-order valence-corrected chi connectivity index (χ2v) is 7.06. The minimum Gasteiger partial charge on any atom is -0.393 e. The van der Waals surface area contributed by atoms with Crippen molar-refractivity contribution in [1.82, 2.24) is 5.32 Å². The molecular weight excluding hydrogens is 238 g/mol. The molecule has 1 aliphatic carbocycles. The number of carbonyl (C=O) groups excluding carboxylic acids is 1. The first-order valence-corrected chi connectivity index (χ1v) is 7.80. The molecule has 1 aliphatic rings. The molecule has 0 aliphatic heterocycles. The summed E-state index contributed by atoms with van der Waals surface area (Å²) in [4.78, 5) is 12.0. The molecule has 1 fully saturated rings. The SMILES string of the molecule is CCC(O)CCNC(=O)C1CCC(C(C)(C)C)CC1. The molecular formula is C16H31NO2. The summed E-state index contributed by atoms with van der Waals surface area (Å²) in [5.41, 5.74) is 0.368. The summed E-state index contributed by atoms with van der Waals surface area (Å²) in [5.74, 6) is 1.13. The second-order valence-electron chi connectivity index (χ2n) is 7.06. The quantitative estimate of drug-likeness (QED) is 0.805. The highest BCUT2D eigenvalue weighted by molar-refractivity contribution is 5.78. The third-order valence-corrected chi connectivity index (χ3v) is 4.57. The Morgan fingerprint density at radius 2 is 1.84 bits per heavy atom. The monoisotopic (exact) mass is 269 g/mol. The maximum absolute atomic E-state index is 12.0. The molecule has 0 aromatic rings. The van der Waals surface area contributed by atoms with E-state index >= 15 is 0 Å². The van der Waals surface area contributed by atoms with E-state index < -0.39 is 0 Å². The average Bonchev–Trinajstić information content (AvgIpc) is 2.37. The van der Waals surface area contributed by atoms with Crippen molar-refractivity contribution in [3.8, 4) is 0 Å². The number of nitrogens with one attached hydrogen (secondary N) is 1. The molecule has 0 heterocycles. The molecule has 2 N–H and O–H groups in total. The van der Waals surface area contributed by atoms with Gasteiger partial charge in [0.15, 0.2) is 0 Å². The molecule has 0 radical (unpaired) electrons. The lowest BCUT2D eigenvalue weighted by atomic mass is 9.69. The first-order valence-electron chi connectivity index (χ1n) is 7.80. The van der Waals surface area contributed by atoms with Crippen LogP contribution in [0.5, 0.6) is 0 Å². The van der Waals surface area contributed by atoms with Gasteiger partial charge in [0.1, 0.15) is 0 Å². The van der Waals surface area contributed by atoms with E-state index in [1.54, 1.807) is 0 Å². The summed E-state index contributed by atoms with van der Waals surface area (Å²) in [6.45, 7) is 9.45. The van der Waals surface area contributed by atoms with E-state index in [2.05, 4.69) is 26.1 Å². The second kappa shape index (κ2) is 7.28. The van der Waals surface area contributed by atoms with Crippen molar-refractivity contribution in [3.05, 3.63) is 0 Å². The molecule has 112 valence electrons. The average molecular weight is 269 g/mol.